The summed E-state index contributed by atoms with van der Waals surface area (Å²) in [7, 11) is 0. The lowest BCUT2D eigenvalue weighted by Crippen LogP contribution is -2.60. The number of aromatic nitrogens is 2. The number of carbonyl (C=O) groups excluding carboxylic acids is 2. The molecule has 2 aromatic carbocycles. The summed E-state index contributed by atoms with van der Waals surface area (Å²) in [5, 5.41) is 12.5. The van der Waals surface area contributed by atoms with E-state index >= 15 is 0 Å². The number of nitrogens with zero attached hydrogens (tertiary/aromatic N) is 3. The van der Waals surface area contributed by atoms with Gasteiger partial charge in [0.25, 0.3) is 5.91 Å². The first-order valence-electron chi connectivity index (χ1n) is 17.1. The summed E-state index contributed by atoms with van der Waals surface area (Å²) < 4.78 is 5.89. The Bertz CT molecular complexity index is 1710. The zero-order valence-corrected chi connectivity index (χ0v) is 29.6. The van der Waals surface area contributed by atoms with Gasteiger partial charge in [-0.25, -0.2) is 14.8 Å². The smallest absolute Gasteiger partial charge is 0.326 e. The van der Waals surface area contributed by atoms with Crippen molar-refractivity contribution in [2.24, 2.45) is 0 Å². The van der Waals surface area contributed by atoms with Crippen LogP contribution < -0.4 is 10.1 Å². The number of nitrogens with one attached hydrogen (secondary N) is 1. The molecule has 49 heavy (non-hydrogen) atoms. The topological polar surface area (TPSA) is 122 Å². The number of thiophene rings is 1. The minimum atomic E-state index is -1.04. The average Bonchev–Trinajstić information content (AvgIpc) is 3.58. The van der Waals surface area contributed by atoms with Gasteiger partial charge in [0.1, 0.15) is 17.8 Å². The number of amides is 2. The fraction of sp³-hybridized carbons (Fsp3) is 0.410. The molecule has 1 aliphatic rings. The van der Waals surface area contributed by atoms with E-state index in [4.69, 9.17) is 4.74 Å². The normalized spacial score (nSPS) is 14.9. The van der Waals surface area contributed by atoms with Crippen LogP contribution in [0.2, 0.25) is 0 Å². The monoisotopic (exact) mass is 682 g/mol. The Balaban J connectivity index is 1.23. The van der Waals surface area contributed by atoms with Crippen molar-refractivity contribution in [1.29, 1.82) is 0 Å². The maximum atomic E-state index is 13.5. The molecule has 2 N–H and O–H groups in total. The first kappa shape index (κ1) is 35.7. The van der Waals surface area contributed by atoms with Gasteiger partial charge in [-0.2, -0.15) is 0 Å². The van der Waals surface area contributed by atoms with Crippen molar-refractivity contribution in [3.05, 3.63) is 88.4 Å². The molecule has 2 aromatic heterocycles. The Hall–Kier alpha value is -4.57. The third-order valence-electron chi connectivity index (χ3n) is 8.77. The minimum Gasteiger partial charge on any atom is -0.494 e. The van der Waals surface area contributed by atoms with E-state index < -0.39 is 24.0 Å². The molecule has 1 unspecified atom stereocenters. The second-order valence-electron chi connectivity index (χ2n) is 13.6. The summed E-state index contributed by atoms with van der Waals surface area (Å²) in [4.78, 5) is 50.6. The molecule has 10 heteroatoms. The molecular formula is C39H46N4O5S. The lowest BCUT2D eigenvalue weighted by atomic mass is 9.95. The van der Waals surface area contributed by atoms with Crippen molar-refractivity contribution in [2.45, 2.75) is 90.1 Å². The second-order valence-corrected chi connectivity index (χ2v) is 14.7. The fourth-order valence-electron chi connectivity index (χ4n) is 5.69. The van der Waals surface area contributed by atoms with Gasteiger partial charge in [-0.3, -0.25) is 9.59 Å². The van der Waals surface area contributed by atoms with Crippen molar-refractivity contribution in [3.8, 4) is 28.3 Å². The van der Waals surface area contributed by atoms with Gasteiger partial charge in [0.2, 0.25) is 5.91 Å². The molecule has 0 radical (unpaired) electrons. The molecule has 258 valence electrons. The van der Waals surface area contributed by atoms with Crippen molar-refractivity contribution in [3.63, 3.8) is 0 Å². The first-order chi connectivity index (χ1) is 23.5. The van der Waals surface area contributed by atoms with Gasteiger partial charge in [0.15, 0.2) is 5.82 Å². The zero-order chi connectivity index (χ0) is 35.0. The van der Waals surface area contributed by atoms with Crippen molar-refractivity contribution in [1.82, 2.24) is 20.2 Å². The van der Waals surface area contributed by atoms with E-state index in [1.165, 1.54) is 41.9 Å². The van der Waals surface area contributed by atoms with E-state index in [0.717, 1.165) is 45.9 Å². The molecule has 9 nitrogen and oxygen atoms in total. The average molecular weight is 683 g/mol. The Labute approximate surface area is 292 Å². The molecule has 0 bridgehead atoms. The molecule has 0 saturated carbocycles. The number of unbranched alkanes of at least 4 members (excludes halogenated alkanes) is 4. The van der Waals surface area contributed by atoms with Crippen molar-refractivity contribution in [2.75, 3.05) is 13.2 Å². The van der Waals surface area contributed by atoms with Crippen LogP contribution in [0.1, 0.15) is 86.3 Å². The van der Waals surface area contributed by atoms with E-state index in [2.05, 4.69) is 43.0 Å². The maximum absolute atomic E-state index is 13.5. The molecule has 1 aliphatic heterocycles. The van der Waals surface area contributed by atoms with Gasteiger partial charge < -0.3 is 20.1 Å². The zero-order valence-electron chi connectivity index (χ0n) is 28.8. The van der Waals surface area contributed by atoms with Gasteiger partial charge in [-0.1, -0.05) is 89.8 Å². The number of hydrogen-bond donors (Lipinski definition) is 2. The highest BCUT2D eigenvalue weighted by Crippen LogP contribution is 2.30. The van der Waals surface area contributed by atoms with Crippen LogP contribution in [-0.4, -0.2) is 63.0 Å². The summed E-state index contributed by atoms with van der Waals surface area (Å²) in [6.45, 7) is 9.53. The molecule has 0 spiro atoms. The third-order valence-corrected chi connectivity index (χ3v) is 10.3. The maximum Gasteiger partial charge on any atom is 0.326 e. The van der Waals surface area contributed by atoms with Gasteiger partial charge in [-0.15, -0.1) is 11.3 Å². The highest BCUT2D eigenvalue weighted by Gasteiger charge is 2.40. The number of hydrogen-bond acceptors (Lipinski definition) is 7. The number of aliphatic carboxylic acids is 1. The second kappa shape index (κ2) is 16.2. The van der Waals surface area contributed by atoms with E-state index in [1.807, 2.05) is 54.6 Å². The molecule has 2 atom stereocenters. The Kier molecular flexibility index (Phi) is 11.8. The lowest BCUT2D eigenvalue weighted by Gasteiger charge is -2.40. The molecule has 1 fully saturated rings. The Morgan fingerprint density at radius 3 is 2.18 bits per heavy atom. The summed E-state index contributed by atoms with van der Waals surface area (Å²) in [6, 6.07) is 17.4. The predicted molar refractivity (Wildman–Crippen MR) is 193 cm³/mol. The highest BCUT2D eigenvalue weighted by atomic mass is 32.1. The van der Waals surface area contributed by atoms with E-state index in [0.29, 0.717) is 23.7 Å². The van der Waals surface area contributed by atoms with Crippen LogP contribution in [0.25, 0.3) is 22.5 Å². The summed E-state index contributed by atoms with van der Waals surface area (Å²) in [5.41, 5.74) is 3.42. The molecule has 1 saturated heterocycles. The third kappa shape index (κ3) is 9.32. The van der Waals surface area contributed by atoms with Gasteiger partial charge in [-0.05, 0) is 53.6 Å². The molecule has 4 aromatic rings. The minimum absolute atomic E-state index is 0.107. The standard InChI is InChI=1S/C39H46N4O5S/c1-5-6-7-8-9-22-48-30-16-14-27(15-17-30)29-24-40-35(41-25-29)28-12-10-26(11-13-28)23-31(37(45)43-21-20-32(43)38(46)47)42-36(44)33-18-19-34(49-33)39(2,3)4/h10-19,24-25,31-32H,5-9,20-23H2,1-4H3,(H,42,44)(H,46,47)/t31-,32?/m0/s1. The summed E-state index contributed by atoms with van der Waals surface area (Å²) in [6.07, 6.45) is 10.2. The number of carboxylic acid groups (broad SMARTS) is 1. The van der Waals surface area contributed by atoms with Crippen LogP contribution in [0, 0.1) is 0 Å². The van der Waals surface area contributed by atoms with Crippen LogP contribution in [0.4, 0.5) is 0 Å². The van der Waals surface area contributed by atoms with Crippen molar-refractivity contribution < 1.29 is 24.2 Å². The highest BCUT2D eigenvalue weighted by molar-refractivity contribution is 7.14. The van der Waals surface area contributed by atoms with Gasteiger partial charge >= 0.3 is 5.97 Å². The molecular weight excluding hydrogens is 637 g/mol. The van der Waals surface area contributed by atoms with Crippen LogP contribution in [0.3, 0.4) is 0 Å². The summed E-state index contributed by atoms with van der Waals surface area (Å²) >= 11 is 1.40. The summed E-state index contributed by atoms with van der Waals surface area (Å²) in [5.74, 6) is -0.367. The van der Waals surface area contributed by atoms with Gasteiger partial charge in [0, 0.05) is 41.4 Å². The van der Waals surface area contributed by atoms with Crippen LogP contribution in [0.15, 0.2) is 73.1 Å². The van der Waals surface area contributed by atoms with E-state index in [-0.39, 0.29) is 17.7 Å². The van der Waals surface area contributed by atoms with Crippen molar-refractivity contribution >= 4 is 29.1 Å². The van der Waals surface area contributed by atoms with Crippen LogP contribution in [0.5, 0.6) is 5.75 Å². The van der Waals surface area contributed by atoms with E-state index in [1.54, 1.807) is 18.5 Å². The quantitative estimate of drug-likeness (QED) is 0.124. The molecule has 2 amide bonds. The fourth-order valence-corrected chi connectivity index (χ4v) is 6.66. The van der Waals surface area contributed by atoms with Gasteiger partial charge in [0.05, 0.1) is 11.5 Å². The number of likely N-dealkylation sites (tertiary alicyclic amines) is 1. The Morgan fingerprint density at radius 2 is 1.59 bits per heavy atom. The number of carboxylic acids is 1. The number of rotatable bonds is 15. The molecule has 3 heterocycles. The molecule has 0 aliphatic carbocycles. The lowest BCUT2D eigenvalue weighted by molar-refractivity contribution is -0.158. The predicted octanol–water partition coefficient (Wildman–Crippen LogP) is 7.55. The largest absolute Gasteiger partial charge is 0.494 e. The Morgan fingerprint density at radius 1 is 0.918 bits per heavy atom. The number of ether oxygens (including phenoxy) is 1. The van der Waals surface area contributed by atoms with E-state index in [9.17, 15) is 19.5 Å². The molecule has 5 rings (SSSR count). The van der Waals surface area contributed by atoms with Crippen LogP contribution in [-0.2, 0) is 21.4 Å². The number of carbonyl (C=O) groups is 3. The first-order valence-corrected chi connectivity index (χ1v) is 17.9. The number of benzene rings is 2. The van der Waals surface area contributed by atoms with Crippen LogP contribution >= 0.6 is 11.3 Å². The SMILES string of the molecule is CCCCCCCOc1ccc(-c2cnc(-c3ccc(C[C@H](NC(=O)c4ccc(C(C)(C)C)s4)C(=O)N4CCC4C(=O)O)cc3)nc2)cc1.